The fourth-order valence-corrected chi connectivity index (χ4v) is 4.89. The first kappa shape index (κ1) is 25.0. The summed E-state index contributed by atoms with van der Waals surface area (Å²) in [6.07, 6.45) is -3.41. The first-order valence-electron chi connectivity index (χ1n) is 12.5. The van der Waals surface area contributed by atoms with Crippen molar-refractivity contribution in [2.24, 2.45) is 0 Å². The van der Waals surface area contributed by atoms with Crippen molar-refractivity contribution in [2.45, 2.75) is 25.1 Å². The number of rotatable bonds is 8. The van der Waals surface area contributed by atoms with Crippen LogP contribution in [0.5, 0.6) is 0 Å². The number of hydrogen-bond acceptors (Lipinski definition) is 5. The van der Waals surface area contributed by atoms with Gasteiger partial charge >= 0.3 is 6.18 Å². The van der Waals surface area contributed by atoms with Crippen LogP contribution in [0.2, 0.25) is 0 Å². The highest BCUT2D eigenvalue weighted by Gasteiger charge is 2.30. The number of alkyl halides is 3. The second-order valence-corrected chi connectivity index (χ2v) is 9.24. The SMILES string of the molecule is FC(F)(F)c1ccc(N2CCN(CCCn3nnnc3C(c3ccccc3)c3ccccc3)CC2)cc1. The zero-order chi connectivity index (χ0) is 25.7. The zero-order valence-electron chi connectivity index (χ0n) is 20.4. The van der Waals surface area contributed by atoms with E-state index < -0.39 is 11.7 Å². The number of aryl methyl sites for hydroxylation is 1. The van der Waals surface area contributed by atoms with Gasteiger partial charge in [0.15, 0.2) is 5.82 Å². The molecule has 9 heteroatoms. The third-order valence-corrected chi connectivity index (χ3v) is 6.86. The Morgan fingerprint density at radius 3 is 1.89 bits per heavy atom. The van der Waals surface area contributed by atoms with Gasteiger partial charge in [-0.05, 0) is 52.2 Å². The van der Waals surface area contributed by atoms with Gasteiger partial charge in [0.1, 0.15) is 0 Å². The Morgan fingerprint density at radius 2 is 1.32 bits per heavy atom. The van der Waals surface area contributed by atoms with E-state index in [1.165, 1.54) is 0 Å². The minimum Gasteiger partial charge on any atom is -0.369 e. The third kappa shape index (κ3) is 5.99. The number of piperazine rings is 1. The van der Waals surface area contributed by atoms with Crippen LogP contribution in [0.3, 0.4) is 0 Å². The maximum Gasteiger partial charge on any atom is 0.416 e. The van der Waals surface area contributed by atoms with Gasteiger partial charge < -0.3 is 4.90 Å². The molecule has 0 radical (unpaired) electrons. The summed E-state index contributed by atoms with van der Waals surface area (Å²) < 4.78 is 40.4. The van der Waals surface area contributed by atoms with Crippen molar-refractivity contribution in [1.29, 1.82) is 0 Å². The number of benzene rings is 3. The number of nitrogens with zero attached hydrogens (tertiary/aromatic N) is 6. The van der Waals surface area contributed by atoms with Crippen LogP contribution in [0.25, 0.3) is 0 Å². The van der Waals surface area contributed by atoms with Crippen LogP contribution >= 0.6 is 0 Å². The number of aromatic nitrogens is 4. The van der Waals surface area contributed by atoms with Gasteiger partial charge in [0.05, 0.1) is 11.5 Å². The van der Waals surface area contributed by atoms with Crippen molar-refractivity contribution in [3.63, 3.8) is 0 Å². The zero-order valence-corrected chi connectivity index (χ0v) is 20.4. The van der Waals surface area contributed by atoms with Crippen LogP contribution < -0.4 is 4.90 Å². The summed E-state index contributed by atoms with van der Waals surface area (Å²) >= 11 is 0. The lowest BCUT2D eigenvalue weighted by atomic mass is 9.90. The predicted octanol–water partition coefficient (Wildman–Crippen LogP) is 5.08. The van der Waals surface area contributed by atoms with Gasteiger partial charge in [-0.1, -0.05) is 60.7 Å². The molecule has 3 aromatic carbocycles. The molecule has 0 bridgehead atoms. The van der Waals surface area contributed by atoms with Crippen molar-refractivity contribution in [3.05, 3.63) is 107 Å². The maximum absolute atomic E-state index is 12.8. The summed E-state index contributed by atoms with van der Waals surface area (Å²) in [4.78, 5) is 4.52. The highest BCUT2D eigenvalue weighted by Crippen LogP contribution is 2.31. The van der Waals surface area contributed by atoms with E-state index in [1.807, 2.05) is 41.1 Å². The first-order valence-corrected chi connectivity index (χ1v) is 12.5. The summed E-state index contributed by atoms with van der Waals surface area (Å²) in [5, 5.41) is 12.7. The number of hydrogen-bond donors (Lipinski definition) is 0. The highest BCUT2D eigenvalue weighted by atomic mass is 19.4. The van der Waals surface area contributed by atoms with Crippen molar-refractivity contribution in [3.8, 4) is 0 Å². The van der Waals surface area contributed by atoms with E-state index in [4.69, 9.17) is 0 Å². The van der Waals surface area contributed by atoms with Gasteiger partial charge in [0, 0.05) is 45.0 Å². The van der Waals surface area contributed by atoms with E-state index in [0.717, 1.165) is 73.9 Å². The van der Waals surface area contributed by atoms with Crippen LogP contribution in [-0.4, -0.2) is 57.8 Å². The molecular weight excluding hydrogens is 477 g/mol. The molecule has 0 N–H and O–H groups in total. The van der Waals surface area contributed by atoms with Crippen molar-refractivity contribution in [1.82, 2.24) is 25.1 Å². The molecule has 1 fully saturated rings. The molecular formula is C28H29F3N6. The molecule has 5 rings (SSSR count). The van der Waals surface area contributed by atoms with Crippen molar-refractivity contribution in [2.75, 3.05) is 37.6 Å². The molecule has 6 nitrogen and oxygen atoms in total. The number of halogens is 3. The quantitative estimate of drug-likeness (QED) is 0.334. The van der Waals surface area contributed by atoms with E-state index in [9.17, 15) is 13.2 Å². The van der Waals surface area contributed by atoms with Crippen LogP contribution in [0.15, 0.2) is 84.9 Å². The summed E-state index contributed by atoms with van der Waals surface area (Å²) in [7, 11) is 0. The van der Waals surface area contributed by atoms with Gasteiger partial charge in [-0.25, -0.2) is 4.68 Å². The molecule has 0 aliphatic carbocycles. The van der Waals surface area contributed by atoms with Gasteiger partial charge in [0.25, 0.3) is 0 Å². The van der Waals surface area contributed by atoms with Gasteiger partial charge in [-0.3, -0.25) is 4.90 Å². The fourth-order valence-electron chi connectivity index (χ4n) is 4.89. The highest BCUT2D eigenvalue weighted by molar-refractivity contribution is 5.48. The molecule has 2 heterocycles. The van der Waals surface area contributed by atoms with Crippen LogP contribution in [0, 0.1) is 0 Å². The molecule has 1 saturated heterocycles. The standard InChI is InChI=1S/C28H29F3N6/c29-28(30,31)24-12-14-25(15-13-24)36-20-18-35(19-21-36)16-7-17-37-27(32-33-34-37)26(22-8-3-1-4-9-22)23-10-5-2-6-11-23/h1-6,8-15,26H,7,16-21H2. The smallest absolute Gasteiger partial charge is 0.369 e. The molecule has 0 unspecified atom stereocenters. The molecule has 0 atom stereocenters. The Labute approximate surface area is 214 Å². The molecule has 1 aromatic heterocycles. The van der Waals surface area contributed by atoms with E-state index in [0.29, 0.717) is 6.54 Å². The molecule has 0 saturated carbocycles. The van der Waals surface area contributed by atoms with Gasteiger partial charge in [0.2, 0.25) is 0 Å². The lowest BCUT2D eigenvalue weighted by Crippen LogP contribution is -2.46. The first-order chi connectivity index (χ1) is 18.0. The average molecular weight is 507 g/mol. The molecule has 1 aliphatic heterocycles. The molecule has 4 aromatic rings. The normalized spacial score (nSPS) is 14.9. The Hall–Kier alpha value is -3.72. The van der Waals surface area contributed by atoms with Crippen LogP contribution in [0.4, 0.5) is 18.9 Å². The lowest BCUT2D eigenvalue weighted by molar-refractivity contribution is -0.137. The molecule has 0 spiro atoms. The van der Waals surface area contributed by atoms with Crippen LogP contribution in [-0.2, 0) is 12.7 Å². The topological polar surface area (TPSA) is 50.1 Å². The Balaban J connectivity index is 1.18. The summed E-state index contributed by atoms with van der Waals surface area (Å²) in [5.74, 6) is 0.772. The molecule has 37 heavy (non-hydrogen) atoms. The third-order valence-electron chi connectivity index (χ3n) is 6.86. The van der Waals surface area contributed by atoms with Crippen LogP contribution in [0.1, 0.15) is 34.9 Å². The molecule has 1 aliphatic rings. The minimum atomic E-state index is -4.31. The average Bonchev–Trinajstić information content (AvgIpc) is 3.38. The van der Waals surface area contributed by atoms with E-state index >= 15 is 0 Å². The van der Waals surface area contributed by atoms with Gasteiger partial charge in [-0.2, -0.15) is 13.2 Å². The summed E-state index contributed by atoms with van der Waals surface area (Å²) in [5.41, 5.74) is 2.51. The van der Waals surface area contributed by atoms with E-state index in [-0.39, 0.29) is 5.92 Å². The van der Waals surface area contributed by atoms with E-state index in [1.54, 1.807) is 12.1 Å². The minimum absolute atomic E-state index is 0.0512. The second-order valence-electron chi connectivity index (χ2n) is 9.24. The Bertz CT molecular complexity index is 1210. The molecule has 0 amide bonds. The Morgan fingerprint density at radius 1 is 0.730 bits per heavy atom. The van der Waals surface area contributed by atoms with Crippen molar-refractivity contribution >= 4 is 5.69 Å². The Kier molecular flexibility index (Phi) is 7.50. The number of tetrazole rings is 1. The second kappa shape index (κ2) is 11.1. The largest absolute Gasteiger partial charge is 0.416 e. The van der Waals surface area contributed by atoms with Crippen molar-refractivity contribution < 1.29 is 13.2 Å². The molecule has 192 valence electrons. The van der Waals surface area contributed by atoms with E-state index in [2.05, 4.69) is 49.6 Å². The lowest BCUT2D eigenvalue weighted by Gasteiger charge is -2.36. The predicted molar refractivity (Wildman–Crippen MR) is 136 cm³/mol. The fraction of sp³-hybridized carbons (Fsp3) is 0.321. The summed E-state index contributed by atoms with van der Waals surface area (Å²) in [6, 6.07) is 26.0. The number of anilines is 1. The van der Waals surface area contributed by atoms with Gasteiger partial charge in [-0.15, -0.1) is 5.10 Å². The maximum atomic E-state index is 12.8. The summed E-state index contributed by atoms with van der Waals surface area (Å²) in [6.45, 7) is 4.90. The monoisotopic (exact) mass is 506 g/mol.